The number of sulfonamides is 1. The summed E-state index contributed by atoms with van der Waals surface area (Å²) in [6, 6.07) is 5.34. The fraction of sp³-hybridized carbons (Fsp3) is 0.364. The maximum absolute atomic E-state index is 11.8. The van der Waals surface area contributed by atoms with Gasteiger partial charge in [-0.1, -0.05) is 26.0 Å². The van der Waals surface area contributed by atoms with Gasteiger partial charge in [0.15, 0.2) is 0 Å². The molecule has 1 aliphatic heterocycles. The van der Waals surface area contributed by atoms with Gasteiger partial charge in [-0.2, -0.15) is 8.42 Å². The van der Waals surface area contributed by atoms with Gasteiger partial charge < -0.3 is 5.73 Å². The minimum atomic E-state index is -3.57. The molecule has 0 spiro atoms. The van der Waals surface area contributed by atoms with Gasteiger partial charge in [0.05, 0.1) is 0 Å². The summed E-state index contributed by atoms with van der Waals surface area (Å²) in [5.74, 6) is 0.490. The largest absolute Gasteiger partial charge is 0.382 e. The first-order chi connectivity index (χ1) is 7.42. The van der Waals surface area contributed by atoms with Gasteiger partial charge in [0.2, 0.25) is 0 Å². The third-order valence-electron chi connectivity index (χ3n) is 2.48. The summed E-state index contributed by atoms with van der Waals surface area (Å²) >= 11 is 0. The van der Waals surface area contributed by atoms with E-state index in [1.807, 2.05) is 26.0 Å². The van der Waals surface area contributed by atoms with E-state index in [4.69, 9.17) is 5.73 Å². The zero-order chi connectivity index (χ0) is 11.9. The maximum Gasteiger partial charge on any atom is 0.285 e. The molecule has 1 aromatic rings. The second kappa shape index (κ2) is 3.59. The zero-order valence-corrected chi connectivity index (χ0v) is 10.1. The van der Waals surface area contributed by atoms with Crippen LogP contribution in [-0.4, -0.2) is 14.3 Å². The summed E-state index contributed by atoms with van der Waals surface area (Å²) in [4.78, 5) is 0.293. The Balaban J connectivity index is 2.64. The van der Waals surface area contributed by atoms with Crippen molar-refractivity contribution in [3.05, 3.63) is 29.3 Å². The number of hydrogen-bond donors (Lipinski definition) is 1. The average Bonchev–Trinajstić information content (AvgIpc) is 2.37. The van der Waals surface area contributed by atoms with Crippen molar-refractivity contribution < 1.29 is 8.42 Å². The smallest absolute Gasteiger partial charge is 0.285 e. The fourth-order valence-corrected chi connectivity index (χ4v) is 3.30. The number of amidine groups is 1. The Hall–Kier alpha value is -1.36. The van der Waals surface area contributed by atoms with E-state index in [2.05, 4.69) is 4.40 Å². The highest BCUT2D eigenvalue weighted by atomic mass is 32.2. The number of benzene rings is 1. The van der Waals surface area contributed by atoms with Crippen LogP contribution in [0.2, 0.25) is 0 Å². The van der Waals surface area contributed by atoms with E-state index in [1.165, 1.54) is 0 Å². The van der Waals surface area contributed by atoms with Crippen LogP contribution in [0.25, 0.3) is 0 Å². The monoisotopic (exact) mass is 238 g/mol. The first-order valence-electron chi connectivity index (χ1n) is 5.14. The number of hydrogen-bond acceptors (Lipinski definition) is 3. The van der Waals surface area contributed by atoms with Crippen LogP contribution in [0, 0.1) is 5.92 Å². The van der Waals surface area contributed by atoms with Gasteiger partial charge in [-0.25, -0.2) is 0 Å². The standard InChI is InChI=1S/C11H14N2O2S/c1-7(2)6-8-4-3-5-9-10(8)16(14,15)13-11(9)12/h3-5,7H,6H2,1-2H3,(H2,12,13). The van der Waals surface area contributed by atoms with E-state index in [0.29, 0.717) is 22.8 Å². The number of fused-ring (bicyclic) bond motifs is 1. The van der Waals surface area contributed by atoms with E-state index >= 15 is 0 Å². The van der Waals surface area contributed by atoms with Crippen LogP contribution in [0.3, 0.4) is 0 Å². The lowest BCUT2D eigenvalue weighted by atomic mass is 10.0. The molecule has 0 amide bonds. The highest BCUT2D eigenvalue weighted by Crippen LogP contribution is 2.29. The minimum absolute atomic E-state index is 0.0978. The molecule has 0 unspecified atom stereocenters. The Morgan fingerprint density at radius 1 is 1.38 bits per heavy atom. The van der Waals surface area contributed by atoms with Crippen LogP contribution in [0.15, 0.2) is 27.5 Å². The molecule has 0 atom stereocenters. The van der Waals surface area contributed by atoms with Crippen LogP contribution >= 0.6 is 0 Å². The SMILES string of the molecule is CC(C)Cc1cccc2c1S(=O)(=O)N=C2N. The van der Waals surface area contributed by atoms with Crippen molar-refractivity contribution in [1.29, 1.82) is 0 Å². The molecule has 0 saturated heterocycles. The molecular weight excluding hydrogens is 224 g/mol. The zero-order valence-electron chi connectivity index (χ0n) is 9.27. The van der Waals surface area contributed by atoms with Gasteiger partial charge in [0.25, 0.3) is 10.0 Å². The molecule has 0 bridgehead atoms. The van der Waals surface area contributed by atoms with E-state index in [-0.39, 0.29) is 5.84 Å². The fourth-order valence-electron chi connectivity index (χ4n) is 1.92. The molecule has 5 heteroatoms. The lowest BCUT2D eigenvalue weighted by molar-refractivity contribution is 0.594. The Bertz CT molecular complexity index is 559. The molecule has 1 aliphatic rings. The summed E-state index contributed by atoms with van der Waals surface area (Å²) in [5.41, 5.74) is 6.93. The number of nitrogens with zero attached hydrogens (tertiary/aromatic N) is 1. The van der Waals surface area contributed by atoms with Crippen LogP contribution in [0.4, 0.5) is 0 Å². The van der Waals surface area contributed by atoms with Gasteiger partial charge in [-0.3, -0.25) is 0 Å². The minimum Gasteiger partial charge on any atom is -0.382 e. The van der Waals surface area contributed by atoms with Crippen LogP contribution < -0.4 is 5.73 Å². The first kappa shape index (κ1) is 11.1. The third kappa shape index (κ3) is 1.71. The first-order valence-corrected chi connectivity index (χ1v) is 6.58. The van der Waals surface area contributed by atoms with Crippen molar-refractivity contribution in [3.8, 4) is 0 Å². The summed E-state index contributed by atoms with van der Waals surface area (Å²) in [6.07, 6.45) is 0.713. The molecule has 1 aromatic carbocycles. The normalized spacial score (nSPS) is 17.3. The van der Waals surface area contributed by atoms with Crippen molar-refractivity contribution in [2.45, 2.75) is 25.2 Å². The molecule has 0 aliphatic carbocycles. The van der Waals surface area contributed by atoms with Crippen LogP contribution in [-0.2, 0) is 16.4 Å². The van der Waals surface area contributed by atoms with Gasteiger partial charge in [-0.05, 0) is 24.0 Å². The van der Waals surface area contributed by atoms with Gasteiger partial charge in [-0.15, -0.1) is 4.40 Å². The van der Waals surface area contributed by atoms with Gasteiger partial charge in [0.1, 0.15) is 10.7 Å². The Morgan fingerprint density at radius 3 is 2.69 bits per heavy atom. The van der Waals surface area contributed by atoms with Crippen molar-refractivity contribution in [2.24, 2.45) is 16.0 Å². The van der Waals surface area contributed by atoms with Gasteiger partial charge >= 0.3 is 0 Å². The molecule has 86 valence electrons. The van der Waals surface area contributed by atoms with Crippen LogP contribution in [0.5, 0.6) is 0 Å². The molecule has 2 rings (SSSR count). The van der Waals surface area contributed by atoms with E-state index in [1.54, 1.807) is 6.07 Å². The summed E-state index contributed by atoms with van der Waals surface area (Å²) in [7, 11) is -3.57. The van der Waals surface area contributed by atoms with E-state index in [0.717, 1.165) is 5.56 Å². The van der Waals surface area contributed by atoms with Crippen molar-refractivity contribution in [1.82, 2.24) is 0 Å². The topological polar surface area (TPSA) is 72.5 Å². The third-order valence-corrected chi connectivity index (χ3v) is 3.91. The summed E-state index contributed by atoms with van der Waals surface area (Å²) < 4.78 is 27.1. The molecule has 16 heavy (non-hydrogen) atoms. The Labute approximate surface area is 95.2 Å². The highest BCUT2D eigenvalue weighted by Gasteiger charge is 2.30. The molecule has 4 nitrogen and oxygen atoms in total. The molecule has 1 heterocycles. The molecule has 0 aromatic heterocycles. The molecular formula is C11H14N2O2S. The Kier molecular flexibility index (Phi) is 2.50. The molecule has 0 saturated carbocycles. The second-order valence-corrected chi connectivity index (χ2v) is 5.88. The Morgan fingerprint density at radius 2 is 2.06 bits per heavy atom. The highest BCUT2D eigenvalue weighted by molar-refractivity contribution is 7.90. The second-order valence-electron chi connectivity index (χ2n) is 4.34. The molecule has 2 N–H and O–H groups in total. The molecule has 0 radical (unpaired) electrons. The van der Waals surface area contributed by atoms with E-state index in [9.17, 15) is 8.42 Å². The summed E-state index contributed by atoms with van der Waals surface area (Å²) in [6.45, 7) is 4.09. The lowest BCUT2D eigenvalue weighted by Gasteiger charge is -2.09. The predicted molar refractivity (Wildman–Crippen MR) is 62.9 cm³/mol. The average molecular weight is 238 g/mol. The lowest BCUT2D eigenvalue weighted by Crippen LogP contribution is -2.11. The quantitative estimate of drug-likeness (QED) is 0.843. The predicted octanol–water partition coefficient (Wildman–Crippen LogP) is 1.29. The van der Waals surface area contributed by atoms with Crippen molar-refractivity contribution in [2.75, 3.05) is 0 Å². The summed E-state index contributed by atoms with van der Waals surface area (Å²) in [5, 5.41) is 0. The number of rotatable bonds is 2. The van der Waals surface area contributed by atoms with Gasteiger partial charge in [0, 0.05) is 5.56 Å². The number of nitrogens with two attached hydrogens (primary N) is 1. The van der Waals surface area contributed by atoms with Crippen molar-refractivity contribution in [3.63, 3.8) is 0 Å². The maximum atomic E-state index is 11.8. The van der Waals surface area contributed by atoms with E-state index < -0.39 is 10.0 Å². The van der Waals surface area contributed by atoms with Crippen molar-refractivity contribution >= 4 is 15.9 Å². The molecule has 0 fully saturated rings. The van der Waals surface area contributed by atoms with Crippen LogP contribution in [0.1, 0.15) is 25.0 Å².